The van der Waals surface area contributed by atoms with Gasteiger partial charge in [0.15, 0.2) is 0 Å². The van der Waals surface area contributed by atoms with Crippen LogP contribution in [0.4, 0.5) is 0 Å². The standard InChI is InChI=1S/C19H33NO/c1-5-6-14-20-15-8-7-9-16-21-18-12-10-17(11-13-18)19(2,3)4/h10-13,20H,5-9,14-16H2,1-4H3. The van der Waals surface area contributed by atoms with E-state index in [-0.39, 0.29) is 5.41 Å². The maximum Gasteiger partial charge on any atom is 0.119 e. The van der Waals surface area contributed by atoms with Crippen molar-refractivity contribution in [2.45, 2.75) is 65.2 Å². The van der Waals surface area contributed by atoms with Crippen LogP contribution < -0.4 is 10.1 Å². The first kappa shape index (κ1) is 18.0. The summed E-state index contributed by atoms with van der Waals surface area (Å²) in [5.41, 5.74) is 1.57. The monoisotopic (exact) mass is 291 g/mol. The number of benzene rings is 1. The van der Waals surface area contributed by atoms with Crippen molar-refractivity contribution < 1.29 is 4.74 Å². The van der Waals surface area contributed by atoms with Crippen LogP contribution >= 0.6 is 0 Å². The molecule has 1 aromatic carbocycles. The van der Waals surface area contributed by atoms with Gasteiger partial charge in [0.2, 0.25) is 0 Å². The van der Waals surface area contributed by atoms with E-state index in [9.17, 15) is 0 Å². The second-order valence-electron chi connectivity index (χ2n) is 6.79. The van der Waals surface area contributed by atoms with Gasteiger partial charge in [0, 0.05) is 0 Å². The Balaban J connectivity index is 2.08. The SMILES string of the molecule is CCCCNCCCCCOc1ccc(C(C)(C)C)cc1. The number of unbranched alkanes of at least 4 members (excludes halogenated alkanes) is 3. The molecule has 0 unspecified atom stereocenters. The summed E-state index contributed by atoms with van der Waals surface area (Å²) in [5.74, 6) is 0.990. The van der Waals surface area contributed by atoms with Crippen molar-refractivity contribution >= 4 is 0 Å². The summed E-state index contributed by atoms with van der Waals surface area (Å²) in [6, 6.07) is 8.53. The Bertz CT molecular complexity index is 364. The molecule has 1 rings (SSSR count). The van der Waals surface area contributed by atoms with Gasteiger partial charge in [-0.25, -0.2) is 0 Å². The van der Waals surface area contributed by atoms with E-state index in [0.717, 1.165) is 31.9 Å². The Morgan fingerprint density at radius 3 is 2.19 bits per heavy atom. The highest BCUT2D eigenvalue weighted by Crippen LogP contribution is 2.24. The summed E-state index contributed by atoms with van der Waals surface area (Å²) >= 11 is 0. The average molecular weight is 291 g/mol. The highest BCUT2D eigenvalue weighted by molar-refractivity contribution is 5.31. The van der Waals surface area contributed by atoms with Crippen LogP contribution in [0.25, 0.3) is 0 Å². The first-order valence-electron chi connectivity index (χ1n) is 8.48. The highest BCUT2D eigenvalue weighted by atomic mass is 16.5. The second-order valence-corrected chi connectivity index (χ2v) is 6.79. The molecule has 2 heteroatoms. The molecule has 0 spiro atoms. The molecule has 0 amide bonds. The number of ether oxygens (including phenoxy) is 1. The van der Waals surface area contributed by atoms with Crippen molar-refractivity contribution in [2.75, 3.05) is 19.7 Å². The average Bonchev–Trinajstić information content (AvgIpc) is 2.45. The van der Waals surface area contributed by atoms with Crippen LogP contribution in [-0.2, 0) is 5.41 Å². The molecule has 1 aromatic rings. The lowest BCUT2D eigenvalue weighted by Gasteiger charge is -2.19. The summed E-state index contributed by atoms with van der Waals surface area (Å²) in [6.07, 6.45) is 6.17. The summed E-state index contributed by atoms with van der Waals surface area (Å²) in [7, 11) is 0. The van der Waals surface area contributed by atoms with Gasteiger partial charge >= 0.3 is 0 Å². The van der Waals surface area contributed by atoms with E-state index in [2.05, 4.69) is 57.3 Å². The molecule has 0 fully saturated rings. The molecule has 0 aliphatic carbocycles. The van der Waals surface area contributed by atoms with Gasteiger partial charge in [0.1, 0.15) is 5.75 Å². The largest absolute Gasteiger partial charge is 0.494 e. The van der Waals surface area contributed by atoms with E-state index >= 15 is 0 Å². The van der Waals surface area contributed by atoms with Crippen molar-refractivity contribution in [1.29, 1.82) is 0 Å². The Hall–Kier alpha value is -1.02. The molecule has 0 saturated heterocycles. The quantitative estimate of drug-likeness (QED) is 0.618. The van der Waals surface area contributed by atoms with E-state index < -0.39 is 0 Å². The Morgan fingerprint density at radius 2 is 1.57 bits per heavy atom. The Kier molecular flexibility index (Phi) is 8.44. The highest BCUT2D eigenvalue weighted by Gasteiger charge is 2.12. The third-order valence-corrected chi connectivity index (χ3v) is 3.69. The van der Waals surface area contributed by atoms with Gasteiger partial charge in [-0.15, -0.1) is 0 Å². The van der Waals surface area contributed by atoms with Gasteiger partial charge in [-0.2, -0.15) is 0 Å². The molecule has 0 aliphatic heterocycles. The number of nitrogens with one attached hydrogen (secondary N) is 1. The Morgan fingerprint density at radius 1 is 0.905 bits per heavy atom. The predicted octanol–water partition coefficient (Wildman–Crippen LogP) is 4.92. The number of rotatable bonds is 10. The van der Waals surface area contributed by atoms with E-state index in [1.807, 2.05) is 0 Å². The lowest BCUT2D eigenvalue weighted by molar-refractivity contribution is 0.304. The molecule has 0 saturated carbocycles. The van der Waals surface area contributed by atoms with E-state index in [0.29, 0.717) is 0 Å². The zero-order valence-electron chi connectivity index (χ0n) is 14.4. The van der Waals surface area contributed by atoms with E-state index in [4.69, 9.17) is 4.74 Å². The van der Waals surface area contributed by atoms with Gasteiger partial charge < -0.3 is 10.1 Å². The molecule has 0 heterocycles. The maximum absolute atomic E-state index is 5.80. The van der Waals surface area contributed by atoms with Crippen LogP contribution in [0.15, 0.2) is 24.3 Å². The third-order valence-electron chi connectivity index (χ3n) is 3.69. The molecule has 21 heavy (non-hydrogen) atoms. The van der Waals surface area contributed by atoms with Crippen molar-refractivity contribution in [3.8, 4) is 5.75 Å². The lowest BCUT2D eigenvalue weighted by atomic mass is 9.87. The summed E-state index contributed by atoms with van der Waals surface area (Å²) in [6.45, 7) is 12.1. The van der Waals surface area contributed by atoms with Gasteiger partial charge in [0.25, 0.3) is 0 Å². The van der Waals surface area contributed by atoms with Crippen LogP contribution in [0.3, 0.4) is 0 Å². The van der Waals surface area contributed by atoms with Crippen LogP contribution in [0.5, 0.6) is 5.75 Å². The van der Waals surface area contributed by atoms with Gasteiger partial charge in [-0.3, -0.25) is 0 Å². The van der Waals surface area contributed by atoms with Gasteiger partial charge in [0.05, 0.1) is 6.61 Å². The number of hydrogen-bond acceptors (Lipinski definition) is 2. The fourth-order valence-electron chi connectivity index (χ4n) is 2.20. The van der Waals surface area contributed by atoms with Crippen molar-refractivity contribution in [3.63, 3.8) is 0 Å². The van der Waals surface area contributed by atoms with E-state index in [1.165, 1.54) is 31.2 Å². The molecule has 2 nitrogen and oxygen atoms in total. The van der Waals surface area contributed by atoms with Gasteiger partial charge in [-0.05, 0) is 61.9 Å². The lowest BCUT2D eigenvalue weighted by Crippen LogP contribution is -2.16. The summed E-state index contributed by atoms with van der Waals surface area (Å²) in [5, 5.41) is 3.47. The summed E-state index contributed by atoms with van der Waals surface area (Å²) in [4.78, 5) is 0. The number of hydrogen-bond donors (Lipinski definition) is 1. The molecule has 0 bridgehead atoms. The maximum atomic E-state index is 5.80. The molecule has 0 aromatic heterocycles. The smallest absolute Gasteiger partial charge is 0.119 e. The summed E-state index contributed by atoms with van der Waals surface area (Å²) < 4.78 is 5.80. The second kappa shape index (κ2) is 9.83. The molecular weight excluding hydrogens is 258 g/mol. The third kappa shape index (κ3) is 8.11. The van der Waals surface area contributed by atoms with E-state index in [1.54, 1.807) is 0 Å². The molecular formula is C19H33NO. The van der Waals surface area contributed by atoms with Crippen LogP contribution in [0.1, 0.15) is 65.4 Å². The zero-order chi connectivity index (χ0) is 15.6. The van der Waals surface area contributed by atoms with Crippen molar-refractivity contribution in [3.05, 3.63) is 29.8 Å². The van der Waals surface area contributed by atoms with Crippen LogP contribution in [-0.4, -0.2) is 19.7 Å². The minimum Gasteiger partial charge on any atom is -0.494 e. The van der Waals surface area contributed by atoms with Crippen molar-refractivity contribution in [1.82, 2.24) is 5.32 Å². The molecule has 1 N–H and O–H groups in total. The topological polar surface area (TPSA) is 21.3 Å². The zero-order valence-corrected chi connectivity index (χ0v) is 14.4. The fourth-order valence-corrected chi connectivity index (χ4v) is 2.20. The predicted molar refractivity (Wildman–Crippen MR) is 92.3 cm³/mol. The first-order chi connectivity index (χ1) is 10.0. The normalized spacial score (nSPS) is 11.6. The molecule has 0 atom stereocenters. The van der Waals surface area contributed by atoms with Crippen LogP contribution in [0, 0.1) is 0 Å². The Labute approximate surface area is 131 Å². The van der Waals surface area contributed by atoms with Crippen molar-refractivity contribution in [2.24, 2.45) is 0 Å². The van der Waals surface area contributed by atoms with Crippen LogP contribution in [0.2, 0.25) is 0 Å². The molecule has 0 radical (unpaired) electrons. The van der Waals surface area contributed by atoms with Gasteiger partial charge in [-0.1, -0.05) is 46.2 Å². The minimum atomic E-state index is 0.212. The molecule has 120 valence electrons. The fraction of sp³-hybridized carbons (Fsp3) is 0.684. The minimum absolute atomic E-state index is 0.212. The first-order valence-corrected chi connectivity index (χ1v) is 8.48. The molecule has 0 aliphatic rings.